The van der Waals surface area contributed by atoms with Crippen LogP contribution in [0.15, 0.2) is 30.6 Å². The van der Waals surface area contributed by atoms with Crippen LogP contribution < -0.4 is 0 Å². The Morgan fingerprint density at radius 1 is 1.27 bits per heavy atom. The van der Waals surface area contributed by atoms with E-state index in [0.717, 1.165) is 13.1 Å². The molecule has 0 unspecified atom stereocenters. The van der Waals surface area contributed by atoms with Gasteiger partial charge in [0, 0.05) is 30.6 Å². The molecule has 3 aliphatic rings. The number of carbonyl (C=O) groups excluding carboxylic acids is 1. The molecule has 0 atom stereocenters. The lowest BCUT2D eigenvalue weighted by Gasteiger charge is -2.55. The Morgan fingerprint density at radius 2 is 2.00 bits per heavy atom. The van der Waals surface area contributed by atoms with Crippen LogP contribution in [0.4, 0.5) is 0 Å². The van der Waals surface area contributed by atoms with Crippen LogP contribution in [0.1, 0.15) is 56.9 Å². The molecule has 2 aromatic rings. The molecule has 1 amide bonds. The fraction of sp³-hybridized carbons (Fsp3) is 0.619. The fourth-order valence-electron chi connectivity index (χ4n) is 5.40. The van der Waals surface area contributed by atoms with E-state index in [1.807, 2.05) is 34.8 Å². The number of amides is 1. The molecular weight excluding hydrogens is 326 g/mol. The predicted molar refractivity (Wildman–Crippen MR) is 98.8 cm³/mol. The molecule has 3 fully saturated rings. The van der Waals surface area contributed by atoms with Crippen molar-refractivity contribution in [3.63, 3.8) is 0 Å². The fourth-order valence-corrected chi connectivity index (χ4v) is 5.40. The van der Waals surface area contributed by atoms with Gasteiger partial charge in [-0.05, 0) is 75.1 Å². The van der Waals surface area contributed by atoms with E-state index < -0.39 is 5.60 Å². The number of hydrogen-bond acceptors (Lipinski definition) is 3. The minimum Gasteiger partial charge on any atom is -0.390 e. The highest BCUT2D eigenvalue weighted by Gasteiger charge is 2.51. The molecule has 2 aromatic heterocycles. The number of fused-ring (bicyclic) bond motifs is 1. The van der Waals surface area contributed by atoms with Crippen molar-refractivity contribution in [1.82, 2.24) is 14.5 Å². The number of rotatable bonds is 2. The standard InChI is InChI=1S/C21H27N3O2/c1-20(26)10-17(11-20)19(25)23-13-21(14-23)6-4-15(5-7-21)16-9-18-3-2-8-24(18)22-12-16/h2-3,8-9,12,15,17,26H,4-7,10-11,13-14H2,1H3/t17-,20+. The summed E-state index contributed by atoms with van der Waals surface area (Å²) in [5.41, 5.74) is 2.26. The molecule has 0 bridgehead atoms. The predicted octanol–water partition coefficient (Wildman–Crippen LogP) is 2.98. The molecule has 2 saturated carbocycles. The quantitative estimate of drug-likeness (QED) is 0.903. The van der Waals surface area contributed by atoms with E-state index in [1.54, 1.807) is 0 Å². The Balaban J connectivity index is 1.17. The summed E-state index contributed by atoms with van der Waals surface area (Å²) in [6, 6.07) is 6.41. The average molecular weight is 353 g/mol. The van der Waals surface area contributed by atoms with Crippen molar-refractivity contribution in [2.45, 2.75) is 57.0 Å². The summed E-state index contributed by atoms with van der Waals surface area (Å²) in [5.74, 6) is 0.921. The summed E-state index contributed by atoms with van der Waals surface area (Å²) in [5, 5.41) is 14.4. The molecule has 138 valence electrons. The Bertz CT molecular complexity index is 832. The first-order valence-electron chi connectivity index (χ1n) is 9.88. The maximum absolute atomic E-state index is 12.5. The number of carbonyl (C=O) groups is 1. The SMILES string of the molecule is C[C@]1(O)C[C@@H](C(=O)N2CC3(CCC(c4cnn5cccc5c4)CC3)C2)C1. The van der Waals surface area contributed by atoms with Crippen molar-refractivity contribution < 1.29 is 9.90 Å². The summed E-state index contributed by atoms with van der Waals surface area (Å²) in [7, 11) is 0. The van der Waals surface area contributed by atoms with Crippen molar-refractivity contribution in [3.05, 3.63) is 36.2 Å². The van der Waals surface area contributed by atoms with Crippen LogP contribution in [0.25, 0.3) is 5.52 Å². The van der Waals surface area contributed by atoms with Crippen LogP contribution in [0.5, 0.6) is 0 Å². The number of nitrogens with zero attached hydrogens (tertiary/aromatic N) is 3. The zero-order valence-electron chi connectivity index (χ0n) is 15.4. The zero-order valence-corrected chi connectivity index (χ0v) is 15.4. The normalized spacial score (nSPS) is 31.0. The smallest absolute Gasteiger partial charge is 0.225 e. The zero-order chi connectivity index (χ0) is 17.9. The van der Waals surface area contributed by atoms with Crippen LogP contribution in [-0.4, -0.2) is 44.2 Å². The van der Waals surface area contributed by atoms with Gasteiger partial charge in [-0.15, -0.1) is 0 Å². The molecule has 5 heteroatoms. The Hall–Kier alpha value is -1.88. The molecule has 0 aromatic carbocycles. The van der Waals surface area contributed by atoms with Crippen LogP contribution >= 0.6 is 0 Å². The van der Waals surface area contributed by atoms with Gasteiger partial charge in [-0.2, -0.15) is 5.10 Å². The molecule has 5 nitrogen and oxygen atoms in total. The molecule has 3 heterocycles. The second kappa shape index (κ2) is 5.56. The van der Waals surface area contributed by atoms with E-state index >= 15 is 0 Å². The van der Waals surface area contributed by atoms with Crippen LogP contribution in [-0.2, 0) is 4.79 Å². The van der Waals surface area contributed by atoms with Gasteiger partial charge < -0.3 is 10.0 Å². The molecular formula is C21H27N3O2. The molecule has 1 saturated heterocycles. The van der Waals surface area contributed by atoms with Gasteiger partial charge in [-0.3, -0.25) is 4.79 Å². The highest BCUT2D eigenvalue weighted by molar-refractivity contribution is 5.81. The summed E-state index contributed by atoms with van der Waals surface area (Å²) in [6.07, 6.45) is 10.1. The highest BCUT2D eigenvalue weighted by atomic mass is 16.3. The first kappa shape index (κ1) is 16.3. The molecule has 1 N–H and O–H groups in total. The monoisotopic (exact) mass is 353 g/mol. The molecule has 1 aliphatic heterocycles. The Kier molecular flexibility index (Phi) is 3.48. The second-order valence-electron chi connectivity index (χ2n) is 9.24. The maximum Gasteiger partial charge on any atom is 0.225 e. The number of aromatic nitrogens is 2. The largest absolute Gasteiger partial charge is 0.390 e. The lowest BCUT2D eigenvalue weighted by molar-refractivity contribution is -0.163. The van der Waals surface area contributed by atoms with Crippen molar-refractivity contribution in [3.8, 4) is 0 Å². The Morgan fingerprint density at radius 3 is 2.69 bits per heavy atom. The first-order valence-corrected chi connectivity index (χ1v) is 9.88. The van der Waals surface area contributed by atoms with Crippen molar-refractivity contribution >= 4 is 11.4 Å². The summed E-state index contributed by atoms with van der Waals surface area (Å²) in [4.78, 5) is 14.5. The van der Waals surface area contributed by atoms with Gasteiger partial charge in [0.05, 0.1) is 17.3 Å². The van der Waals surface area contributed by atoms with E-state index in [-0.39, 0.29) is 11.8 Å². The summed E-state index contributed by atoms with van der Waals surface area (Å²) >= 11 is 0. The van der Waals surface area contributed by atoms with Gasteiger partial charge in [0.25, 0.3) is 0 Å². The van der Waals surface area contributed by atoms with Crippen molar-refractivity contribution in [2.24, 2.45) is 11.3 Å². The maximum atomic E-state index is 12.5. The van der Waals surface area contributed by atoms with Gasteiger partial charge in [0.15, 0.2) is 0 Å². The van der Waals surface area contributed by atoms with Crippen LogP contribution in [0.2, 0.25) is 0 Å². The third-order valence-electron chi connectivity index (χ3n) is 7.01. The molecule has 1 spiro atoms. The highest BCUT2D eigenvalue weighted by Crippen LogP contribution is 2.49. The third-order valence-corrected chi connectivity index (χ3v) is 7.01. The number of likely N-dealkylation sites (tertiary alicyclic amines) is 1. The molecule has 26 heavy (non-hydrogen) atoms. The van der Waals surface area contributed by atoms with E-state index in [1.165, 1.54) is 36.8 Å². The van der Waals surface area contributed by atoms with Gasteiger partial charge in [0.1, 0.15) is 0 Å². The lowest BCUT2D eigenvalue weighted by Crippen LogP contribution is -2.62. The van der Waals surface area contributed by atoms with E-state index in [2.05, 4.69) is 17.2 Å². The number of hydrogen-bond donors (Lipinski definition) is 1. The molecule has 0 radical (unpaired) electrons. The second-order valence-corrected chi connectivity index (χ2v) is 9.24. The number of aliphatic hydroxyl groups is 1. The van der Waals surface area contributed by atoms with E-state index in [9.17, 15) is 9.90 Å². The van der Waals surface area contributed by atoms with Gasteiger partial charge in [-0.25, -0.2) is 4.52 Å². The van der Waals surface area contributed by atoms with Crippen molar-refractivity contribution in [2.75, 3.05) is 13.1 Å². The summed E-state index contributed by atoms with van der Waals surface area (Å²) < 4.78 is 1.92. The minimum absolute atomic E-state index is 0.0542. The molecule has 5 rings (SSSR count). The van der Waals surface area contributed by atoms with Crippen LogP contribution in [0, 0.1) is 11.3 Å². The minimum atomic E-state index is -0.615. The van der Waals surface area contributed by atoms with E-state index in [4.69, 9.17) is 0 Å². The summed E-state index contributed by atoms with van der Waals surface area (Å²) in [6.45, 7) is 3.68. The van der Waals surface area contributed by atoms with Gasteiger partial charge in [-0.1, -0.05) is 0 Å². The topological polar surface area (TPSA) is 57.8 Å². The van der Waals surface area contributed by atoms with Gasteiger partial charge in [0.2, 0.25) is 5.91 Å². The van der Waals surface area contributed by atoms with Crippen molar-refractivity contribution in [1.29, 1.82) is 0 Å². The third kappa shape index (κ3) is 2.64. The van der Waals surface area contributed by atoms with E-state index in [0.29, 0.717) is 24.2 Å². The Labute approximate surface area is 154 Å². The molecule has 2 aliphatic carbocycles. The average Bonchev–Trinajstić information content (AvgIpc) is 3.04. The van der Waals surface area contributed by atoms with Crippen LogP contribution in [0.3, 0.4) is 0 Å². The van der Waals surface area contributed by atoms with Gasteiger partial charge >= 0.3 is 0 Å². The first-order chi connectivity index (χ1) is 12.4. The lowest BCUT2D eigenvalue weighted by atomic mass is 9.64.